The van der Waals surface area contributed by atoms with Gasteiger partial charge in [0, 0.05) is 12.1 Å². The van der Waals surface area contributed by atoms with E-state index in [9.17, 15) is 13.6 Å². The SMILES string of the molecule is O=C(c1ccc(OCc2ccccc2)cn1)N1CCCC1c1cc(F)ccc1F. The molecule has 6 heteroatoms. The van der Waals surface area contributed by atoms with Crippen LogP contribution >= 0.6 is 0 Å². The van der Waals surface area contributed by atoms with E-state index in [0.29, 0.717) is 25.3 Å². The fraction of sp³-hybridized carbons (Fsp3) is 0.217. The number of likely N-dealkylation sites (tertiary alicyclic amines) is 1. The molecule has 0 radical (unpaired) electrons. The number of carbonyl (C=O) groups excluding carboxylic acids is 1. The Morgan fingerprint density at radius 3 is 2.69 bits per heavy atom. The van der Waals surface area contributed by atoms with Gasteiger partial charge < -0.3 is 9.64 Å². The van der Waals surface area contributed by atoms with Gasteiger partial charge in [-0.2, -0.15) is 0 Å². The number of rotatable bonds is 5. The fourth-order valence-corrected chi connectivity index (χ4v) is 3.58. The molecular weight excluding hydrogens is 374 g/mol. The molecule has 1 fully saturated rings. The summed E-state index contributed by atoms with van der Waals surface area (Å²) in [7, 11) is 0. The maximum absolute atomic E-state index is 14.2. The highest BCUT2D eigenvalue weighted by Crippen LogP contribution is 2.34. The lowest BCUT2D eigenvalue weighted by molar-refractivity contribution is 0.0727. The van der Waals surface area contributed by atoms with E-state index in [0.717, 1.165) is 24.1 Å². The standard InChI is InChI=1S/C23H20F2N2O2/c24-17-8-10-20(25)19(13-17)22-7-4-12-27(22)23(28)21-11-9-18(14-26-21)29-15-16-5-2-1-3-6-16/h1-3,5-6,8-11,13-14,22H,4,7,12,15H2. The first kappa shape index (κ1) is 19.1. The van der Waals surface area contributed by atoms with Crippen molar-refractivity contribution in [1.29, 1.82) is 0 Å². The number of pyridine rings is 1. The second kappa shape index (κ2) is 8.39. The number of hydrogen-bond acceptors (Lipinski definition) is 3. The number of amides is 1. The summed E-state index contributed by atoms with van der Waals surface area (Å²) >= 11 is 0. The molecule has 2 heterocycles. The van der Waals surface area contributed by atoms with Gasteiger partial charge in [-0.3, -0.25) is 4.79 Å². The van der Waals surface area contributed by atoms with Crippen LogP contribution in [0.4, 0.5) is 8.78 Å². The molecule has 148 valence electrons. The topological polar surface area (TPSA) is 42.4 Å². The molecule has 1 unspecified atom stereocenters. The summed E-state index contributed by atoms with van der Waals surface area (Å²) in [6.45, 7) is 0.885. The lowest BCUT2D eigenvalue weighted by atomic mass is 10.0. The normalized spacial score (nSPS) is 16.1. The number of nitrogens with zero attached hydrogens (tertiary/aromatic N) is 2. The first-order valence-corrected chi connectivity index (χ1v) is 9.50. The van der Waals surface area contributed by atoms with E-state index in [1.165, 1.54) is 12.3 Å². The number of ether oxygens (including phenoxy) is 1. The minimum atomic E-state index is -0.515. The van der Waals surface area contributed by atoms with Crippen molar-refractivity contribution >= 4 is 5.91 Å². The summed E-state index contributed by atoms with van der Waals surface area (Å²) in [5, 5.41) is 0. The summed E-state index contributed by atoms with van der Waals surface area (Å²) in [6, 6.07) is 15.9. The Kier molecular flexibility index (Phi) is 5.51. The average molecular weight is 394 g/mol. The van der Waals surface area contributed by atoms with Crippen molar-refractivity contribution in [3.8, 4) is 5.75 Å². The average Bonchev–Trinajstić information content (AvgIpc) is 3.24. The third-order valence-corrected chi connectivity index (χ3v) is 5.03. The minimum absolute atomic E-state index is 0.207. The highest BCUT2D eigenvalue weighted by Gasteiger charge is 2.33. The Hall–Kier alpha value is -3.28. The van der Waals surface area contributed by atoms with Gasteiger partial charge in [-0.25, -0.2) is 13.8 Å². The Labute approximate surface area is 167 Å². The van der Waals surface area contributed by atoms with Crippen molar-refractivity contribution in [3.05, 3.63) is 95.3 Å². The van der Waals surface area contributed by atoms with Crippen LogP contribution in [0.25, 0.3) is 0 Å². The molecule has 0 aliphatic carbocycles. The molecule has 0 spiro atoms. The third-order valence-electron chi connectivity index (χ3n) is 5.03. The zero-order chi connectivity index (χ0) is 20.2. The Morgan fingerprint density at radius 1 is 1.10 bits per heavy atom. The van der Waals surface area contributed by atoms with Crippen LogP contribution < -0.4 is 4.74 Å². The maximum Gasteiger partial charge on any atom is 0.272 e. The Bertz CT molecular complexity index is 994. The van der Waals surface area contributed by atoms with Gasteiger partial charge in [-0.05, 0) is 48.7 Å². The molecule has 1 aromatic heterocycles. The molecule has 1 saturated heterocycles. The molecule has 1 amide bonds. The van der Waals surface area contributed by atoms with E-state index in [2.05, 4.69) is 4.98 Å². The van der Waals surface area contributed by atoms with E-state index in [-0.39, 0.29) is 17.2 Å². The summed E-state index contributed by atoms with van der Waals surface area (Å²) in [5.74, 6) is -0.766. The predicted octanol–water partition coefficient (Wildman–Crippen LogP) is 4.92. The van der Waals surface area contributed by atoms with Crippen LogP contribution in [-0.2, 0) is 6.61 Å². The molecule has 0 saturated carbocycles. The van der Waals surface area contributed by atoms with Crippen LogP contribution in [0.15, 0.2) is 66.9 Å². The monoisotopic (exact) mass is 394 g/mol. The first-order chi connectivity index (χ1) is 14.1. The zero-order valence-electron chi connectivity index (χ0n) is 15.7. The molecule has 1 aliphatic rings. The number of halogens is 2. The summed E-state index contributed by atoms with van der Waals surface area (Å²) in [6.07, 6.45) is 2.82. The van der Waals surface area contributed by atoms with Crippen LogP contribution in [0, 0.1) is 11.6 Å². The highest BCUT2D eigenvalue weighted by atomic mass is 19.1. The fourth-order valence-electron chi connectivity index (χ4n) is 3.58. The first-order valence-electron chi connectivity index (χ1n) is 9.50. The number of benzene rings is 2. The van der Waals surface area contributed by atoms with Gasteiger partial charge in [0.2, 0.25) is 0 Å². The summed E-state index contributed by atoms with van der Waals surface area (Å²) < 4.78 is 33.5. The van der Waals surface area contributed by atoms with Crippen molar-refractivity contribution in [3.63, 3.8) is 0 Å². The van der Waals surface area contributed by atoms with Gasteiger partial charge in [0.1, 0.15) is 29.7 Å². The molecule has 0 bridgehead atoms. The lowest BCUT2D eigenvalue weighted by Crippen LogP contribution is -2.31. The van der Waals surface area contributed by atoms with Crippen LogP contribution in [-0.4, -0.2) is 22.3 Å². The molecule has 4 rings (SSSR count). The predicted molar refractivity (Wildman–Crippen MR) is 104 cm³/mol. The van der Waals surface area contributed by atoms with Gasteiger partial charge >= 0.3 is 0 Å². The van der Waals surface area contributed by atoms with E-state index in [4.69, 9.17) is 4.74 Å². The van der Waals surface area contributed by atoms with Crippen molar-refractivity contribution in [2.24, 2.45) is 0 Å². The van der Waals surface area contributed by atoms with E-state index in [1.807, 2.05) is 30.3 Å². The second-order valence-corrected chi connectivity index (χ2v) is 6.98. The molecular formula is C23H20F2N2O2. The molecule has 0 N–H and O–H groups in total. The van der Waals surface area contributed by atoms with E-state index < -0.39 is 17.7 Å². The quantitative estimate of drug-likeness (QED) is 0.617. The van der Waals surface area contributed by atoms with Crippen LogP contribution in [0.5, 0.6) is 5.75 Å². The summed E-state index contributed by atoms with van der Waals surface area (Å²) in [5.41, 5.74) is 1.49. The number of hydrogen-bond donors (Lipinski definition) is 0. The largest absolute Gasteiger partial charge is 0.487 e. The van der Waals surface area contributed by atoms with Crippen molar-refractivity contribution < 1.29 is 18.3 Å². The molecule has 2 aromatic carbocycles. The van der Waals surface area contributed by atoms with Crippen molar-refractivity contribution in [1.82, 2.24) is 9.88 Å². The Morgan fingerprint density at radius 2 is 1.93 bits per heavy atom. The lowest BCUT2D eigenvalue weighted by Gasteiger charge is -2.25. The van der Waals surface area contributed by atoms with E-state index >= 15 is 0 Å². The number of carbonyl (C=O) groups is 1. The zero-order valence-corrected chi connectivity index (χ0v) is 15.7. The summed E-state index contributed by atoms with van der Waals surface area (Å²) in [4.78, 5) is 18.7. The van der Waals surface area contributed by atoms with Crippen LogP contribution in [0.2, 0.25) is 0 Å². The maximum atomic E-state index is 14.2. The molecule has 1 atom stereocenters. The molecule has 29 heavy (non-hydrogen) atoms. The molecule has 1 aliphatic heterocycles. The Balaban J connectivity index is 1.46. The van der Waals surface area contributed by atoms with Crippen molar-refractivity contribution in [2.45, 2.75) is 25.5 Å². The van der Waals surface area contributed by atoms with Gasteiger partial charge in [0.05, 0.1) is 12.2 Å². The third kappa shape index (κ3) is 4.26. The second-order valence-electron chi connectivity index (χ2n) is 6.98. The number of aromatic nitrogens is 1. The van der Waals surface area contributed by atoms with Gasteiger partial charge in [-0.15, -0.1) is 0 Å². The highest BCUT2D eigenvalue weighted by molar-refractivity contribution is 5.92. The van der Waals surface area contributed by atoms with Gasteiger partial charge in [0.25, 0.3) is 5.91 Å². The van der Waals surface area contributed by atoms with Gasteiger partial charge in [-0.1, -0.05) is 30.3 Å². The van der Waals surface area contributed by atoms with E-state index in [1.54, 1.807) is 17.0 Å². The molecule has 4 nitrogen and oxygen atoms in total. The van der Waals surface area contributed by atoms with Crippen LogP contribution in [0.1, 0.15) is 40.5 Å². The van der Waals surface area contributed by atoms with Gasteiger partial charge in [0.15, 0.2) is 0 Å². The smallest absolute Gasteiger partial charge is 0.272 e. The minimum Gasteiger partial charge on any atom is -0.487 e. The molecule has 3 aromatic rings. The van der Waals surface area contributed by atoms with Crippen molar-refractivity contribution in [2.75, 3.05) is 6.54 Å². The van der Waals surface area contributed by atoms with Crippen LogP contribution in [0.3, 0.4) is 0 Å².